The first-order chi connectivity index (χ1) is 9.99. The summed E-state index contributed by atoms with van der Waals surface area (Å²) in [5, 5.41) is 11.2. The van der Waals surface area contributed by atoms with Crippen LogP contribution in [0.4, 0.5) is 0 Å². The standard InChI is InChI=1S/C17H22ClNO2/c1-12-5-6-14(15(18)10-12)16(20)19-9-8-17(21)7-3-2-4-13(17)11-19/h5-6,10,13,21H,2-4,7-9,11H2,1H3. The quantitative estimate of drug-likeness (QED) is 0.863. The van der Waals surface area contributed by atoms with Crippen molar-refractivity contribution in [3.63, 3.8) is 0 Å². The number of halogens is 1. The number of rotatable bonds is 1. The van der Waals surface area contributed by atoms with Crippen LogP contribution in [0.15, 0.2) is 18.2 Å². The van der Waals surface area contributed by atoms with E-state index >= 15 is 0 Å². The zero-order chi connectivity index (χ0) is 15.0. The van der Waals surface area contributed by atoms with Gasteiger partial charge in [0.15, 0.2) is 0 Å². The third kappa shape index (κ3) is 2.82. The second-order valence-corrected chi connectivity index (χ2v) is 6.94. The molecule has 1 N–H and O–H groups in total. The van der Waals surface area contributed by atoms with Crippen LogP contribution in [0.2, 0.25) is 5.02 Å². The van der Waals surface area contributed by atoms with Crippen LogP contribution in [0.3, 0.4) is 0 Å². The van der Waals surface area contributed by atoms with E-state index in [2.05, 4.69) is 0 Å². The number of hydrogen-bond acceptors (Lipinski definition) is 2. The van der Waals surface area contributed by atoms with E-state index in [0.29, 0.717) is 30.1 Å². The molecule has 1 saturated carbocycles. The molecule has 2 aliphatic rings. The van der Waals surface area contributed by atoms with Crippen molar-refractivity contribution in [2.24, 2.45) is 5.92 Å². The number of likely N-dealkylation sites (tertiary alicyclic amines) is 1. The summed E-state index contributed by atoms with van der Waals surface area (Å²) >= 11 is 6.21. The topological polar surface area (TPSA) is 40.5 Å². The molecular formula is C17H22ClNO2. The van der Waals surface area contributed by atoms with Gasteiger partial charge in [0.05, 0.1) is 16.2 Å². The molecular weight excluding hydrogens is 286 g/mol. The molecule has 1 amide bonds. The Balaban J connectivity index is 1.77. The van der Waals surface area contributed by atoms with E-state index in [1.807, 2.05) is 30.0 Å². The van der Waals surface area contributed by atoms with Crippen molar-refractivity contribution in [2.45, 2.75) is 44.6 Å². The number of benzene rings is 1. The smallest absolute Gasteiger partial charge is 0.255 e. The minimum Gasteiger partial charge on any atom is -0.389 e. The first kappa shape index (κ1) is 14.9. The van der Waals surface area contributed by atoms with Crippen molar-refractivity contribution in [1.82, 2.24) is 4.90 Å². The third-order valence-corrected chi connectivity index (χ3v) is 5.38. The molecule has 1 saturated heterocycles. The summed E-state index contributed by atoms with van der Waals surface area (Å²) in [7, 11) is 0. The van der Waals surface area contributed by atoms with Crippen LogP contribution in [0.5, 0.6) is 0 Å². The number of hydrogen-bond donors (Lipinski definition) is 1. The first-order valence-corrected chi connectivity index (χ1v) is 8.15. The van der Waals surface area contributed by atoms with E-state index in [1.165, 1.54) is 0 Å². The fourth-order valence-corrected chi connectivity index (χ4v) is 4.04. The lowest BCUT2D eigenvalue weighted by Gasteiger charge is -2.47. The molecule has 1 aliphatic carbocycles. The van der Waals surface area contributed by atoms with Gasteiger partial charge >= 0.3 is 0 Å². The highest BCUT2D eigenvalue weighted by atomic mass is 35.5. The van der Waals surface area contributed by atoms with Crippen LogP contribution >= 0.6 is 11.6 Å². The van der Waals surface area contributed by atoms with E-state index in [9.17, 15) is 9.90 Å². The highest BCUT2D eigenvalue weighted by molar-refractivity contribution is 6.33. The van der Waals surface area contributed by atoms with E-state index in [1.54, 1.807) is 0 Å². The largest absolute Gasteiger partial charge is 0.389 e. The summed E-state index contributed by atoms with van der Waals surface area (Å²) in [6, 6.07) is 5.55. The van der Waals surface area contributed by atoms with Gasteiger partial charge in [-0.05, 0) is 43.9 Å². The van der Waals surface area contributed by atoms with Gasteiger partial charge in [-0.3, -0.25) is 4.79 Å². The Kier molecular flexibility index (Phi) is 3.98. The SMILES string of the molecule is Cc1ccc(C(=O)N2CCC3(O)CCCCC3C2)c(Cl)c1. The Bertz CT molecular complexity index is 560. The maximum absolute atomic E-state index is 12.7. The van der Waals surface area contributed by atoms with Crippen LogP contribution in [0.1, 0.15) is 48.0 Å². The summed E-state index contributed by atoms with van der Waals surface area (Å²) in [6.45, 7) is 3.23. The highest BCUT2D eigenvalue weighted by Gasteiger charge is 2.43. The fourth-order valence-electron chi connectivity index (χ4n) is 3.72. The molecule has 21 heavy (non-hydrogen) atoms. The van der Waals surface area contributed by atoms with E-state index in [-0.39, 0.29) is 11.8 Å². The van der Waals surface area contributed by atoms with Crippen LogP contribution in [0.25, 0.3) is 0 Å². The van der Waals surface area contributed by atoms with Gasteiger partial charge in [0.25, 0.3) is 5.91 Å². The van der Waals surface area contributed by atoms with E-state index in [0.717, 1.165) is 31.2 Å². The van der Waals surface area contributed by atoms with Crippen molar-refractivity contribution >= 4 is 17.5 Å². The van der Waals surface area contributed by atoms with Gasteiger partial charge in [-0.1, -0.05) is 30.5 Å². The second-order valence-electron chi connectivity index (χ2n) is 6.53. The van der Waals surface area contributed by atoms with Gasteiger partial charge in [0.2, 0.25) is 0 Å². The zero-order valence-electron chi connectivity index (χ0n) is 12.4. The number of aryl methyl sites for hydroxylation is 1. The maximum atomic E-state index is 12.7. The highest BCUT2D eigenvalue weighted by Crippen LogP contribution is 2.40. The van der Waals surface area contributed by atoms with Crippen molar-refractivity contribution in [2.75, 3.05) is 13.1 Å². The first-order valence-electron chi connectivity index (χ1n) is 7.77. The lowest BCUT2D eigenvalue weighted by Crippen LogP contribution is -2.54. The van der Waals surface area contributed by atoms with Crippen LogP contribution in [-0.4, -0.2) is 34.6 Å². The Morgan fingerprint density at radius 1 is 1.38 bits per heavy atom. The summed E-state index contributed by atoms with van der Waals surface area (Å²) in [5.74, 6) is 0.209. The number of carbonyl (C=O) groups is 1. The second kappa shape index (κ2) is 5.62. The molecule has 1 aliphatic heterocycles. The van der Waals surface area contributed by atoms with Crippen LogP contribution < -0.4 is 0 Å². The van der Waals surface area contributed by atoms with E-state index in [4.69, 9.17) is 11.6 Å². The molecule has 1 heterocycles. The molecule has 3 nitrogen and oxygen atoms in total. The molecule has 3 rings (SSSR count). The lowest BCUT2D eigenvalue weighted by molar-refractivity contribution is -0.0886. The molecule has 0 bridgehead atoms. The van der Waals surface area contributed by atoms with Crippen LogP contribution in [0, 0.1) is 12.8 Å². The molecule has 0 spiro atoms. The van der Waals surface area contributed by atoms with Gasteiger partial charge in [-0.2, -0.15) is 0 Å². The zero-order valence-corrected chi connectivity index (χ0v) is 13.2. The van der Waals surface area contributed by atoms with Crippen molar-refractivity contribution < 1.29 is 9.90 Å². The molecule has 2 fully saturated rings. The third-order valence-electron chi connectivity index (χ3n) is 5.07. The lowest BCUT2D eigenvalue weighted by atomic mass is 9.71. The normalized spacial score (nSPS) is 29.1. The molecule has 114 valence electrons. The van der Waals surface area contributed by atoms with Crippen molar-refractivity contribution in [3.8, 4) is 0 Å². The Labute approximate surface area is 130 Å². The number of nitrogens with zero attached hydrogens (tertiary/aromatic N) is 1. The summed E-state index contributed by atoms with van der Waals surface area (Å²) in [4.78, 5) is 14.5. The predicted molar refractivity (Wildman–Crippen MR) is 83.6 cm³/mol. The monoisotopic (exact) mass is 307 g/mol. The maximum Gasteiger partial charge on any atom is 0.255 e. The number of carbonyl (C=O) groups excluding carboxylic acids is 1. The number of piperidine rings is 1. The minimum absolute atomic E-state index is 0.00683. The number of fused-ring (bicyclic) bond motifs is 1. The molecule has 4 heteroatoms. The fraction of sp³-hybridized carbons (Fsp3) is 0.588. The Hall–Kier alpha value is -1.06. The molecule has 0 radical (unpaired) electrons. The van der Waals surface area contributed by atoms with Crippen LogP contribution in [-0.2, 0) is 0 Å². The Morgan fingerprint density at radius 3 is 2.95 bits per heavy atom. The number of aliphatic hydroxyl groups is 1. The van der Waals surface area contributed by atoms with Gasteiger partial charge in [0, 0.05) is 19.0 Å². The molecule has 2 atom stereocenters. The molecule has 2 unspecified atom stereocenters. The minimum atomic E-state index is -0.550. The van der Waals surface area contributed by atoms with Crippen molar-refractivity contribution in [3.05, 3.63) is 34.3 Å². The van der Waals surface area contributed by atoms with Gasteiger partial charge in [0.1, 0.15) is 0 Å². The summed E-state index contributed by atoms with van der Waals surface area (Å²) in [6.07, 6.45) is 4.84. The molecule has 0 aromatic heterocycles. The van der Waals surface area contributed by atoms with E-state index < -0.39 is 5.60 Å². The van der Waals surface area contributed by atoms with Gasteiger partial charge in [-0.15, -0.1) is 0 Å². The summed E-state index contributed by atoms with van der Waals surface area (Å²) < 4.78 is 0. The predicted octanol–water partition coefficient (Wildman–Crippen LogP) is 3.42. The average molecular weight is 308 g/mol. The van der Waals surface area contributed by atoms with Gasteiger partial charge in [-0.25, -0.2) is 0 Å². The Morgan fingerprint density at radius 2 is 2.19 bits per heavy atom. The average Bonchev–Trinajstić information content (AvgIpc) is 2.45. The molecule has 1 aromatic carbocycles. The molecule has 1 aromatic rings. The van der Waals surface area contributed by atoms with Gasteiger partial charge < -0.3 is 10.0 Å². The number of amides is 1. The summed E-state index contributed by atoms with van der Waals surface area (Å²) in [5.41, 5.74) is 1.08. The van der Waals surface area contributed by atoms with Crippen molar-refractivity contribution in [1.29, 1.82) is 0 Å².